The van der Waals surface area contributed by atoms with Crippen molar-refractivity contribution in [1.82, 2.24) is 19.9 Å². The van der Waals surface area contributed by atoms with Crippen LogP contribution in [-0.4, -0.2) is 72.8 Å². The van der Waals surface area contributed by atoms with Crippen LogP contribution in [0.3, 0.4) is 0 Å². The zero-order chi connectivity index (χ0) is 23.0. The van der Waals surface area contributed by atoms with Gasteiger partial charge >= 0.3 is 0 Å². The number of carbonyl (C=O) groups excluding carboxylic acids is 1. The number of methoxy groups -OCH3 is 2. The number of hydrogen-bond acceptors (Lipinski definition) is 8. The van der Waals surface area contributed by atoms with Crippen LogP contribution in [0.4, 0.5) is 0 Å². The van der Waals surface area contributed by atoms with Crippen LogP contribution in [0.15, 0.2) is 40.2 Å². The molecule has 4 rings (SSSR count). The third kappa shape index (κ3) is 6.11. The summed E-state index contributed by atoms with van der Waals surface area (Å²) in [4.78, 5) is 22.6. The Bertz CT molecular complexity index is 1030. The molecule has 1 aliphatic rings. The number of aromatic nitrogens is 2. The van der Waals surface area contributed by atoms with Gasteiger partial charge in [-0.05, 0) is 48.5 Å². The molecule has 1 aliphatic heterocycles. The molecule has 0 radical (unpaired) electrons. The molecule has 2 aromatic heterocycles. The van der Waals surface area contributed by atoms with E-state index in [1.165, 1.54) is 0 Å². The Labute approximate surface area is 198 Å². The number of ether oxygens (including phenoxy) is 2. The number of benzene rings is 1. The topological polar surface area (TPSA) is 80.9 Å². The third-order valence-corrected chi connectivity index (χ3v) is 6.74. The Hall–Kier alpha value is -2.91. The van der Waals surface area contributed by atoms with Crippen molar-refractivity contribution < 1.29 is 18.8 Å². The monoisotopic (exact) mass is 470 g/mol. The van der Waals surface area contributed by atoms with Crippen molar-refractivity contribution in [1.29, 1.82) is 0 Å². The maximum Gasteiger partial charge on any atom is 0.227 e. The van der Waals surface area contributed by atoms with Gasteiger partial charge in [-0.3, -0.25) is 9.69 Å². The van der Waals surface area contributed by atoms with Crippen LogP contribution in [0.2, 0.25) is 0 Å². The summed E-state index contributed by atoms with van der Waals surface area (Å²) in [6.45, 7) is 4.30. The number of nitrogens with zero attached hydrogens (tertiary/aromatic N) is 4. The predicted octanol–water partition coefficient (Wildman–Crippen LogP) is 3.52. The lowest BCUT2D eigenvalue weighted by Crippen LogP contribution is -2.48. The molecule has 0 aliphatic carbocycles. The molecule has 0 unspecified atom stereocenters. The van der Waals surface area contributed by atoms with E-state index in [1.54, 1.807) is 25.6 Å². The van der Waals surface area contributed by atoms with E-state index in [4.69, 9.17) is 14.0 Å². The Morgan fingerprint density at radius 2 is 1.91 bits per heavy atom. The van der Waals surface area contributed by atoms with Gasteiger partial charge in [-0.2, -0.15) is 4.98 Å². The van der Waals surface area contributed by atoms with Gasteiger partial charge < -0.3 is 18.9 Å². The Balaban J connectivity index is 1.16. The van der Waals surface area contributed by atoms with Crippen LogP contribution in [0.1, 0.15) is 24.3 Å². The van der Waals surface area contributed by atoms with Crippen molar-refractivity contribution in [2.24, 2.45) is 0 Å². The second-order valence-corrected chi connectivity index (χ2v) is 8.95. The maximum atomic E-state index is 12.7. The van der Waals surface area contributed by atoms with E-state index in [2.05, 4.69) is 15.0 Å². The molecule has 1 fully saturated rings. The first-order valence-electron chi connectivity index (χ1n) is 11.2. The van der Waals surface area contributed by atoms with Gasteiger partial charge in [-0.25, -0.2) is 0 Å². The van der Waals surface area contributed by atoms with Crippen LogP contribution in [-0.2, 0) is 17.6 Å². The van der Waals surface area contributed by atoms with E-state index >= 15 is 0 Å². The van der Waals surface area contributed by atoms with Gasteiger partial charge in [0.1, 0.15) is 0 Å². The highest BCUT2D eigenvalue weighted by atomic mass is 32.1. The van der Waals surface area contributed by atoms with Gasteiger partial charge in [0.25, 0.3) is 0 Å². The molecule has 0 saturated carbocycles. The number of carbonyl (C=O) groups is 1. The number of hydrogen-bond donors (Lipinski definition) is 0. The fourth-order valence-corrected chi connectivity index (χ4v) is 4.63. The van der Waals surface area contributed by atoms with Crippen LogP contribution in [0.25, 0.3) is 10.7 Å². The standard InChI is InChI=1S/C24H30N4O4S/c1-30-19-9-7-18(17-20(19)31-2)8-10-23(29)28-14-12-27(13-15-28)11-3-6-22-25-24(26-32-22)21-5-4-16-33-21/h4-5,7,9,16-17H,3,6,8,10-15H2,1-2H3. The first-order chi connectivity index (χ1) is 16.2. The van der Waals surface area contributed by atoms with E-state index in [-0.39, 0.29) is 5.91 Å². The van der Waals surface area contributed by atoms with Crippen LogP contribution in [0.5, 0.6) is 11.5 Å². The molecule has 8 nitrogen and oxygen atoms in total. The number of amides is 1. The molecular formula is C24H30N4O4S. The molecule has 3 heterocycles. The summed E-state index contributed by atoms with van der Waals surface area (Å²) in [7, 11) is 3.24. The van der Waals surface area contributed by atoms with Crippen molar-refractivity contribution in [3.63, 3.8) is 0 Å². The average molecular weight is 471 g/mol. The zero-order valence-corrected chi connectivity index (χ0v) is 20.0. The largest absolute Gasteiger partial charge is 0.493 e. The van der Waals surface area contributed by atoms with Crippen LogP contribution < -0.4 is 9.47 Å². The van der Waals surface area contributed by atoms with Crippen molar-refractivity contribution in [2.75, 3.05) is 46.9 Å². The number of aryl methyl sites for hydroxylation is 2. The first-order valence-corrected chi connectivity index (χ1v) is 12.1. The average Bonchev–Trinajstić information content (AvgIpc) is 3.55. The predicted molar refractivity (Wildman–Crippen MR) is 127 cm³/mol. The Morgan fingerprint density at radius 1 is 1.09 bits per heavy atom. The lowest BCUT2D eigenvalue weighted by molar-refractivity contribution is -0.132. The summed E-state index contributed by atoms with van der Waals surface area (Å²) < 4.78 is 16.0. The number of piperazine rings is 1. The van der Waals surface area contributed by atoms with E-state index < -0.39 is 0 Å². The van der Waals surface area contributed by atoms with E-state index in [9.17, 15) is 4.79 Å². The maximum absolute atomic E-state index is 12.7. The van der Waals surface area contributed by atoms with Crippen molar-refractivity contribution in [3.8, 4) is 22.2 Å². The first kappa shape index (κ1) is 23.3. The summed E-state index contributed by atoms with van der Waals surface area (Å²) in [5.41, 5.74) is 1.07. The van der Waals surface area contributed by atoms with Crippen molar-refractivity contribution in [2.45, 2.75) is 25.7 Å². The summed E-state index contributed by atoms with van der Waals surface area (Å²) in [5, 5.41) is 6.07. The summed E-state index contributed by atoms with van der Waals surface area (Å²) in [6, 6.07) is 9.79. The molecule has 1 aromatic carbocycles. The fourth-order valence-electron chi connectivity index (χ4n) is 3.98. The molecule has 9 heteroatoms. The second kappa shape index (κ2) is 11.3. The normalized spacial score (nSPS) is 14.4. The van der Waals surface area contributed by atoms with Gasteiger partial charge in [0.15, 0.2) is 11.5 Å². The third-order valence-electron chi connectivity index (χ3n) is 5.88. The molecule has 0 atom stereocenters. The Morgan fingerprint density at radius 3 is 2.64 bits per heavy atom. The summed E-state index contributed by atoms with van der Waals surface area (Å²) in [6.07, 6.45) is 2.92. The minimum atomic E-state index is 0.205. The van der Waals surface area contributed by atoms with Crippen molar-refractivity contribution >= 4 is 17.2 Å². The molecule has 33 heavy (non-hydrogen) atoms. The molecule has 0 bridgehead atoms. The molecule has 0 spiro atoms. The molecule has 1 amide bonds. The van der Waals surface area contributed by atoms with Gasteiger partial charge in [0, 0.05) is 39.0 Å². The van der Waals surface area contributed by atoms with Crippen molar-refractivity contribution in [3.05, 3.63) is 47.2 Å². The van der Waals surface area contributed by atoms with E-state index in [0.717, 1.165) is 56.0 Å². The lowest BCUT2D eigenvalue weighted by atomic mass is 10.1. The number of rotatable bonds is 10. The molecule has 0 N–H and O–H groups in total. The number of thiophene rings is 1. The van der Waals surface area contributed by atoms with Gasteiger partial charge in [0.2, 0.25) is 17.6 Å². The second-order valence-electron chi connectivity index (χ2n) is 8.00. The van der Waals surface area contributed by atoms with Gasteiger partial charge in [0.05, 0.1) is 19.1 Å². The lowest BCUT2D eigenvalue weighted by Gasteiger charge is -2.34. The van der Waals surface area contributed by atoms with Crippen LogP contribution >= 0.6 is 11.3 Å². The minimum absolute atomic E-state index is 0.205. The van der Waals surface area contributed by atoms with Gasteiger partial charge in [-0.15, -0.1) is 11.3 Å². The highest BCUT2D eigenvalue weighted by Crippen LogP contribution is 2.28. The van der Waals surface area contributed by atoms with E-state index in [1.807, 2.05) is 40.6 Å². The minimum Gasteiger partial charge on any atom is -0.493 e. The highest BCUT2D eigenvalue weighted by Gasteiger charge is 2.21. The van der Waals surface area contributed by atoms with Crippen LogP contribution in [0, 0.1) is 0 Å². The SMILES string of the molecule is COc1ccc(CCC(=O)N2CCN(CCCc3nc(-c4cccs4)no3)CC2)cc1OC. The quantitative estimate of drug-likeness (QED) is 0.448. The van der Waals surface area contributed by atoms with E-state index in [0.29, 0.717) is 36.1 Å². The molecular weight excluding hydrogens is 440 g/mol. The van der Waals surface area contributed by atoms with Gasteiger partial charge in [-0.1, -0.05) is 17.3 Å². The molecule has 1 saturated heterocycles. The molecule has 3 aromatic rings. The summed E-state index contributed by atoms with van der Waals surface area (Å²) in [5.74, 6) is 2.95. The molecule has 176 valence electrons. The Kier molecular flexibility index (Phi) is 7.96. The summed E-state index contributed by atoms with van der Waals surface area (Å²) >= 11 is 1.61. The zero-order valence-electron chi connectivity index (χ0n) is 19.2. The highest BCUT2D eigenvalue weighted by molar-refractivity contribution is 7.13. The smallest absolute Gasteiger partial charge is 0.227 e. The fraction of sp³-hybridized carbons (Fsp3) is 0.458.